The number of benzene rings is 1. The zero-order valence-electron chi connectivity index (χ0n) is 14.7. The maximum Gasteiger partial charge on any atom is 0.287 e. The van der Waals surface area contributed by atoms with Gasteiger partial charge >= 0.3 is 0 Å². The van der Waals surface area contributed by atoms with Crippen molar-refractivity contribution in [1.29, 1.82) is 0 Å². The molecule has 1 aliphatic rings. The van der Waals surface area contributed by atoms with Crippen molar-refractivity contribution in [3.8, 4) is 11.6 Å². The monoisotopic (exact) mass is 385 g/mol. The Hall–Kier alpha value is -3.56. The third kappa shape index (κ3) is 3.48. The molecule has 3 aromatic rings. The lowest BCUT2D eigenvalue weighted by Gasteiger charge is -2.31. The van der Waals surface area contributed by atoms with E-state index in [2.05, 4.69) is 15.1 Å². The second-order valence-electron chi connectivity index (χ2n) is 6.58. The van der Waals surface area contributed by atoms with E-state index in [1.807, 2.05) is 0 Å². The summed E-state index contributed by atoms with van der Waals surface area (Å²) in [4.78, 5) is 31.7. The molecule has 1 aromatic carbocycles. The number of halogens is 1. The van der Waals surface area contributed by atoms with Crippen LogP contribution in [0.2, 0.25) is 0 Å². The largest absolute Gasteiger partial charge is 0.351 e. The minimum absolute atomic E-state index is 0.0940. The molecule has 1 amide bonds. The molecule has 0 spiro atoms. The van der Waals surface area contributed by atoms with Crippen molar-refractivity contribution in [2.45, 2.75) is 18.8 Å². The van der Waals surface area contributed by atoms with Crippen LogP contribution < -0.4 is 0 Å². The lowest BCUT2D eigenvalue weighted by Crippen LogP contribution is -2.39. The molecule has 2 aromatic heterocycles. The van der Waals surface area contributed by atoms with E-state index < -0.39 is 10.7 Å². The quantitative estimate of drug-likeness (QED) is 0.544. The smallest absolute Gasteiger partial charge is 0.287 e. The summed E-state index contributed by atoms with van der Waals surface area (Å²) in [6.07, 6.45) is 2.81. The number of piperidine rings is 1. The molecule has 0 bridgehead atoms. The van der Waals surface area contributed by atoms with Gasteiger partial charge in [0.05, 0.1) is 11.1 Å². The van der Waals surface area contributed by atoms with Crippen molar-refractivity contribution >= 4 is 11.6 Å². The van der Waals surface area contributed by atoms with Gasteiger partial charge in [-0.25, -0.2) is 4.39 Å². The number of carbonyl (C=O) groups excluding carboxylic acids is 1. The Morgan fingerprint density at radius 3 is 2.86 bits per heavy atom. The number of amides is 1. The molecular formula is C18H16FN5O4. The van der Waals surface area contributed by atoms with E-state index in [0.717, 1.165) is 12.8 Å². The molecule has 3 heterocycles. The van der Waals surface area contributed by atoms with E-state index in [1.165, 1.54) is 36.5 Å². The average Bonchev–Trinajstić information content (AvgIpc) is 3.38. The molecule has 4 rings (SSSR count). The van der Waals surface area contributed by atoms with Crippen LogP contribution in [-0.2, 0) is 0 Å². The van der Waals surface area contributed by atoms with Crippen molar-refractivity contribution in [3.63, 3.8) is 0 Å². The van der Waals surface area contributed by atoms with Crippen molar-refractivity contribution in [1.82, 2.24) is 20.0 Å². The predicted molar refractivity (Wildman–Crippen MR) is 95.0 cm³/mol. The number of likely N-dealkylation sites (tertiary alicyclic amines) is 1. The SMILES string of the molecule is O=C(c1ccc(F)cc1)N1CCC[C@H](c2noc(-c3cc([N+](=O)[O-])c[nH]3)n2)C1. The average molecular weight is 385 g/mol. The number of nitro groups is 1. The molecule has 1 aliphatic heterocycles. The van der Waals surface area contributed by atoms with Gasteiger partial charge in [-0.15, -0.1) is 0 Å². The first-order valence-electron chi connectivity index (χ1n) is 8.73. The van der Waals surface area contributed by atoms with Gasteiger partial charge in [-0.1, -0.05) is 5.16 Å². The second-order valence-corrected chi connectivity index (χ2v) is 6.58. The number of rotatable bonds is 4. The Morgan fingerprint density at radius 1 is 1.36 bits per heavy atom. The van der Waals surface area contributed by atoms with E-state index in [1.54, 1.807) is 4.90 Å². The summed E-state index contributed by atoms with van der Waals surface area (Å²) in [5.74, 6) is -0.0695. The van der Waals surface area contributed by atoms with Crippen LogP contribution in [0.15, 0.2) is 41.1 Å². The van der Waals surface area contributed by atoms with E-state index >= 15 is 0 Å². The van der Waals surface area contributed by atoms with Crippen molar-refractivity contribution in [2.24, 2.45) is 0 Å². The van der Waals surface area contributed by atoms with Crippen LogP contribution in [0.1, 0.15) is 34.9 Å². The molecule has 0 saturated carbocycles. The van der Waals surface area contributed by atoms with Crippen LogP contribution in [0.4, 0.5) is 10.1 Å². The molecule has 0 radical (unpaired) electrons. The van der Waals surface area contributed by atoms with Gasteiger partial charge in [0.25, 0.3) is 17.5 Å². The number of hydrogen-bond donors (Lipinski definition) is 1. The summed E-state index contributed by atoms with van der Waals surface area (Å²) >= 11 is 0. The zero-order valence-corrected chi connectivity index (χ0v) is 14.7. The standard InChI is InChI=1S/C18H16FN5O4/c19-13-5-3-11(4-6-13)18(25)23-7-1-2-12(10-23)16-21-17(28-22-16)15-8-14(9-20-15)24(26)27/h3-6,8-9,12,20H,1-2,7,10H2/t12-/m0/s1. The summed E-state index contributed by atoms with van der Waals surface area (Å²) in [5.41, 5.74) is 0.693. The Labute approximate surface area is 158 Å². The van der Waals surface area contributed by atoms with Crippen LogP contribution in [-0.4, -0.2) is 43.9 Å². The molecule has 28 heavy (non-hydrogen) atoms. The van der Waals surface area contributed by atoms with Gasteiger partial charge in [-0.05, 0) is 37.1 Å². The Kier molecular flexibility index (Phi) is 4.60. The zero-order chi connectivity index (χ0) is 19.7. The predicted octanol–water partition coefficient (Wildman–Crippen LogP) is 3.13. The third-order valence-electron chi connectivity index (χ3n) is 4.72. The first-order chi connectivity index (χ1) is 13.5. The first-order valence-corrected chi connectivity index (χ1v) is 8.73. The van der Waals surface area contributed by atoms with Crippen LogP contribution in [0, 0.1) is 15.9 Å². The molecular weight excluding hydrogens is 369 g/mol. The highest BCUT2D eigenvalue weighted by atomic mass is 19.1. The number of aromatic amines is 1. The van der Waals surface area contributed by atoms with Crippen LogP contribution in [0.3, 0.4) is 0 Å². The fourth-order valence-corrected chi connectivity index (χ4v) is 3.27. The van der Waals surface area contributed by atoms with Gasteiger partial charge in [-0.3, -0.25) is 14.9 Å². The molecule has 9 nitrogen and oxygen atoms in total. The minimum Gasteiger partial charge on any atom is -0.351 e. The Bertz CT molecular complexity index is 1010. The van der Waals surface area contributed by atoms with Crippen molar-refractivity contribution < 1.29 is 18.6 Å². The lowest BCUT2D eigenvalue weighted by molar-refractivity contribution is -0.384. The highest BCUT2D eigenvalue weighted by molar-refractivity contribution is 5.94. The van der Waals surface area contributed by atoms with Gasteiger partial charge in [0.15, 0.2) is 5.82 Å². The number of nitrogens with zero attached hydrogens (tertiary/aromatic N) is 4. The molecule has 1 N–H and O–H groups in total. The molecule has 0 aliphatic carbocycles. The van der Waals surface area contributed by atoms with Gasteiger partial charge in [0, 0.05) is 30.6 Å². The maximum atomic E-state index is 13.1. The number of nitrogens with one attached hydrogen (secondary N) is 1. The molecule has 1 atom stereocenters. The van der Waals surface area contributed by atoms with Gasteiger partial charge in [-0.2, -0.15) is 4.98 Å². The van der Waals surface area contributed by atoms with Crippen LogP contribution in [0.5, 0.6) is 0 Å². The van der Waals surface area contributed by atoms with Crippen LogP contribution in [0.25, 0.3) is 11.6 Å². The van der Waals surface area contributed by atoms with E-state index in [4.69, 9.17) is 4.52 Å². The molecule has 1 saturated heterocycles. The first kappa shape index (κ1) is 17.8. The number of carbonyl (C=O) groups is 1. The summed E-state index contributed by atoms with van der Waals surface area (Å²) in [7, 11) is 0. The number of hydrogen-bond acceptors (Lipinski definition) is 6. The summed E-state index contributed by atoms with van der Waals surface area (Å²) in [6.45, 7) is 1.01. The van der Waals surface area contributed by atoms with Crippen molar-refractivity contribution in [3.05, 3.63) is 63.8 Å². The number of aromatic nitrogens is 3. The summed E-state index contributed by atoms with van der Waals surface area (Å²) < 4.78 is 18.3. The molecule has 10 heteroatoms. The highest BCUT2D eigenvalue weighted by Crippen LogP contribution is 2.28. The van der Waals surface area contributed by atoms with Gasteiger partial charge in [0.1, 0.15) is 11.5 Å². The molecule has 144 valence electrons. The number of H-pyrrole nitrogens is 1. The molecule has 0 unspecified atom stereocenters. The third-order valence-corrected chi connectivity index (χ3v) is 4.72. The van der Waals surface area contributed by atoms with Gasteiger partial charge in [0.2, 0.25) is 0 Å². The molecule has 1 fully saturated rings. The Morgan fingerprint density at radius 2 is 2.14 bits per heavy atom. The second kappa shape index (κ2) is 7.22. The van der Waals surface area contributed by atoms with E-state index in [0.29, 0.717) is 30.2 Å². The van der Waals surface area contributed by atoms with E-state index in [-0.39, 0.29) is 23.4 Å². The minimum atomic E-state index is -0.517. The lowest BCUT2D eigenvalue weighted by atomic mass is 9.96. The van der Waals surface area contributed by atoms with Crippen LogP contribution >= 0.6 is 0 Å². The summed E-state index contributed by atoms with van der Waals surface area (Å²) in [6, 6.07) is 6.77. The topological polar surface area (TPSA) is 118 Å². The van der Waals surface area contributed by atoms with E-state index in [9.17, 15) is 19.3 Å². The van der Waals surface area contributed by atoms with Crippen molar-refractivity contribution in [2.75, 3.05) is 13.1 Å². The highest BCUT2D eigenvalue weighted by Gasteiger charge is 2.29. The fraction of sp³-hybridized carbons (Fsp3) is 0.278. The fourth-order valence-electron chi connectivity index (χ4n) is 3.27. The Balaban J connectivity index is 1.49. The normalized spacial score (nSPS) is 16.9. The summed E-state index contributed by atoms with van der Waals surface area (Å²) in [5, 5.41) is 14.8. The maximum absolute atomic E-state index is 13.1. The van der Waals surface area contributed by atoms with Gasteiger partial charge < -0.3 is 14.4 Å².